The Morgan fingerprint density at radius 2 is 1.84 bits per heavy atom. The molecule has 2 aliphatic heterocycles. The highest BCUT2D eigenvalue weighted by Gasteiger charge is 2.27. The number of hydrogen-bond acceptors (Lipinski definition) is 4. The van der Waals surface area contributed by atoms with Crippen molar-refractivity contribution in [1.29, 1.82) is 0 Å². The van der Waals surface area contributed by atoms with Crippen LogP contribution in [0.4, 0.5) is 0 Å². The molecule has 2 fully saturated rings. The lowest BCUT2D eigenvalue weighted by atomic mass is 9.92. The van der Waals surface area contributed by atoms with Crippen LogP contribution in [0.3, 0.4) is 0 Å². The van der Waals surface area contributed by atoms with Gasteiger partial charge in [-0.25, -0.2) is 0 Å². The third-order valence-electron chi connectivity index (χ3n) is 7.16. The molecule has 1 aromatic heterocycles. The molecule has 8 heteroatoms. The number of piperidine rings is 1. The molecule has 3 aliphatic rings. The summed E-state index contributed by atoms with van der Waals surface area (Å²) in [4.78, 5) is 7.22. The summed E-state index contributed by atoms with van der Waals surface area (Å²) in [5.41, 5.74) is 0. The first-order valence-electron chi connectivity index (χ1n) is 12.5. The molecule has 0 radical (unpaired) electrons. The molecule has 0 bridgehead atoms. The number of fused-ring (bicyclic) bond motifs is 1. The second-order valence-corrected chi connectivity index (χ2v) is 9.37. The summed E-state index contributed by atoms with van der Waals surface area (Å²) in [7, 11) is 1.88. The standard InChI is InChI=1S/C23H41N7.HI/c1-24-23(26-19-10-9-16-29(18-19)20-11-4-2-5-12-20)25-15-8-14-22-28-27-21-13-6-3-7-17-30(21)22;/h19-20H,2-18H2,1H3,(H2,24,25,26);1H. The molecule has 31 heavy (non-hydrogen) atoms. The van der Waals surface area contributed by atoms with Crippen LogP contribution in [0.15, 0.2) is 4.99 Å². The monoisotopic (exact) mass is 543 g/mol. The van der Waals surface area contributed by atoms with Gasteiger partial charge in [-0.05, 0) is 51.5 Å². The molecule has 1 saturated heterocycles. The van der Waals surface area contributed by atoms with Crippen molar-refractivity contribution < 1.29 is 0 Å². The van der Waals surface area contributed by atoms with Crippen molar-refractivity contribution in [3.05, 3.63) is 11.6 Å². The molecule has 1 unspecified atom stereocenters. The minimum absolute atomic E-state index is 0. The summed E-state index contributed by atoms with van der Waals surface area (Å²) in [5, 5.41) is 16.1. The third kappa shape index (κ3) is 7.04. The Labute approximate surface area is 205 Å². The minimum atomic E-state index is 0. The van der Waals surface area contributed by atoms with Crippen LogP contribution in [0.1, 0.15) is 82.3 Å². The molecule has 1 saturated carbocycles. The van der Waals surface area contributed by atoms with Gasteiger partial charge in [0, 0.05) is 51.6 Å². The lowest BCUT2D eigenvalue weighted by Gasteiger charge is -2.40. The van der Waals surface area contributed by atoms with Gasteiger partial charge in [-0.1, -0.05) is 25.7 Å². The van der Waals surface area contributed by atoms with E-state index >= 15 is 0 Å². The highest BCUT2D eigenvalue weighted by atomic mass is 127. The van der Waals surface area contributed by atoms with Crippen molar-refractivity contribution in [2.24, 2.45) is 4.99 Å². The van der Waals surface area contributed by atoms with Crippen LogP contribution >= 0.6 is 24.0 Å². The average Bonchev–Trinajstić information content (AvgIpc) is 3.02. The number of rotatable bonds is 6. The number of nitrogens with one attached hydrogen (secondary N) is 2. The molecule has 2 N–H and O–H groups in total. The summed E-state index contributed by atoms with van der Waals surface area (Å²) >= 11 is 0. The van der Waals surface area contributed by atoms with E-state index in [0.29, 0.717) is 6.04 Å². The summed E-state index contributed by atoms with van der Waals surface area (Å²) in [6.45, 7) is 4.45. The van der Waals surface area contributed by atoms with E-state index in [2.05, 4.69) is 35.3 Å². The SMILES string of the molecule is CN=C(NCCCc1nnc2n1CCCCC2)NC1CCCN(C2CCCCC2)C1.I. The highest BCUT2D eigenvalue weighted by Crippen LogP contribution is 2.25. The van der Waals surface area contributed by atoms with E-state index in [9.17, 15) is 0 Å². The van der Waals surface area contributed by atoms with Gasteiger partial charge in [0.15, 0.2) is 5.96 Å². The molecule has 0 aromatic carbocycles. The zero-order chi connectivity index (χ0) is 20.6. The Morgan fingerprint density at radius 1 is 1.00 bits per heavy atom. The first-order chi connectivity index (χ1) is 14.8. The van der Waals surface area contributed by atoms with Crippen LogP contribution in [-0.4, -0.2) is 64.4 Å². The van der Waals surface area contributed by atoms with Crippen LogP contribution in [0.2, 0.25) is 0 Å². The summed E-state index contributed by atoms with van der Waals surface area (Å²) in [5.74, 6) is 3.30. The quantitative estimate of drug-likeness (QED) is 0.249. The fourth-order valence-electron chi connectivity index (χ4n) is 5.47. The van der Waals surface area contributed by atoms with Crippen LogP contribution in [-0.2, 0) is 19.4 Å². The average molecular weight is 544 g/mol. The van der Waals surface area contributed by atoms with Crippen molar-refractivity contribution in [3.63, 3.8) is 0 Å². The molecule has 1 atom stereocenters. The van der Waals surface area contributed by atoms with E-state index in [1.54, 1.807) is 0 Å². The van der Waals surface area contributed by atoms with Gasteiger partial charge in [0.25, 0.3) is 0 Å². The molecule has 1 aliphatic carbocycles. The zero-order valence-electron chi connectivity index (χ0n) is 19.3. The van der Waals surface area contributed by atoms with Crippen molar-refractivity contribution in [3.8, 4) is 0 Å². The maximum absolute atomic E-state index is 4.48. The first-order valence-corrected chi connectivity index (χ1v) is 12.5. The second kappa shape index (κ2) is 13.0. The van der Waals surface area contributed by atoms with E-state index in [1.165, 1.54) is 76.6 Å². The van der Waals surface area contributed by atoms with E-state index in [4.69, 9.17) is 0 Å². The fraction of sp³-hybridized carbons (Fsp3) is 0.870. The zero-order valence-corrected chi connectivity index (χ0v) is 21.7. The van der Waals surface area contributed by atoms with Crippen LogP contribution < -0.4 is 10.6 Å². The predicted molar refractivity (Wildman–Crippen MR) is 137 cm³/mol. The van der Waals surface area contributed by atoms with Gasteiger partial charge >= 0.3 is 0 Å². The molecule has 176 valence electrons. The van der Waals surface area contributed by atoms with E-state index in [1.807, 2.05) is 7.05 Å². The van der Waals surface area contributed by atoms with Crippen molar-refractivity contribution >= 4 is 29.9 Å². The fourth-order valence-corrected chi connectivity index (χ4v) is 5.47. The Balaban J connectivity index is 0.00000272. The number of guanidine groups is 1. The largest absolute Gasteiger partial charge is 0.356 e. The number of nitrogens with zero attached hydrogens (tertiary/aromatic N) is 5. The number of aryl methyl sites for hydroxylation is 2. The van der Waals surface area contributed by atoms with Crippen LogP contribution in [0.5, 0.6) is 0 Å². The summed E-state index contributed by atoms with van der Waals surface area (Å²) < 4.78 is 2.36. The van der Waals surface area contributed by atoms with E-state index in [0.717, 1.165) is 56.7 Å². The number of aliphatic imine (C=N–C) groups is 1. The molecule has 0 amide bonds. The number of hydrogen-bond donors (Lipinski definition) is 2. The van der Waals surface area contributed by atoms with E-state index in [-0.39, 0.29) is 24.0 Å². The molecule has 7 nitrogen and oxygen atoms in total. The molecular formula is C23H42IN7. The van der Waals surface area contributed by atoms with Gasteiger partial charge in [-0.15, -0.1) is 34.2 Å². The summed E-state index contributed by atoms with van der Waals surface area (Å²) in [6, 6.07) is 1.33. The smallest absolute Gasteiger partial charge is 0.191 e. The van der Waals surface area contributed by atoms with Gasteiger partial charge in [-0.3, -0.25) is 9.89 Å². The lowest BCUT2D eigenvalue weighted by molar-refractivity contribution is 0.115. The third-order valence-corrected chi connectivity index (χ3v) is 7.16. The number of aromatic nitrogens is 3. The second-order valence-electron chi connectivity index (χ2n) is 9.37. The maximum Gasteiger partial charge on any atom is 0.191 e. The van der Waals surface area contributed by atoms with E-state index < -0.39 is 0 Å². The van der Waals surface area contributed by atoms with Crippen LogP contribution in [0, 0.1) is 0 Å². The lowest BCUT2D eigenvalue weighted by Crippen LogP contribution is -2.53. The molecule has 0 spiro atoms. The Kier molecular flexibility index (Phi) is 10.3. The van der Waals surface area contributed by atoms with Gasteiger partial charge in [0.1, 0.15) is 11.6 Å². The number of likely N-dealkylation sites (tertiary alicyclic amines) is 1. The summed E-state index contributed by atoms with van der Waals surface area (Å²) in [6.07, 6.45) is 16.5. The predicted octanol–water partition coefficient (Wildman–Crippen LogP) is 3.52. The maximum atomic E-state index is 4.48. The minimum Gasteiger partial charge on any atom is -0.356 e. The first kappa shape index (κ1) is 24.7. The van der Waals surface area contributed by atoms with Gasteiger partial charge in [-0.2, -0.15) is 0 Å². The van der Waals surface area contributed by atoms with Gasteiger partial charge in [0.2, 0.25) is 0 Å². The van der Waals surface area contributed by atoms with Crippen molar-refractivity contribution in [1.82, 2.24) is 30.3 Å². The molecule has 1 aromatic rings. The molecule has 4 rings (SSSR count). The topological polar surface area (TPSA) is 70.4 Å². The Bertz CT molecular complexity index is 683. The number of halogens is 1. The molecule has 3 heterocycles. The van der Waals surface area contributed by atoms with Crippen LogP contribution in [0.25, 0.3) is 0 Å². The van der Waals surface area contributed by atoms with Gasteiger partial charge < -0.3 is 15.2 Å². The highest BCUT2D eigenvalue weighted by molar-refractivity contribution is 14.0. The Morgan fingerprint density at radius 3 is 2.68 bits per heavy atom. The van der Waals surface area contributed by atoms with Gasteiger partial charge in [0.05, 0.1) is 0 Å². The Hall–Kier alpha value is -0.900. The molecular weight excluding hydrogens is 501 g/mol. The van der Waals surface area contributed by atoms with Crippen molar-refractivity contribution in [2.45, 2.75) is 102 Å². The normalized spacial score (nSPS) is 23.5. The van der Waals surface area contributed by atoms with Crippen molar-refractivity contribution in [2.75, 3.05) is 26.7 Å².